The van der Waals surface area contributed by atoms with Crippen LogP contribution in [0.1, 0.15) is 18.2 Å². The normalized spacial score (nSPS) is 17.7. The van der Waals surface area contributed by atoms with Crippen molar-refractivity contribution in [3.63, 3.8) is 0 Å². The standard InChI is InChI=1S/C23H23ClN2O5S2/c24-18-7-3-16(4-8-18)17-5-9-19(10-6-17)33(29,30)26-12-15-32-23(26)22(28)25-20(11-13-27)21-2-1-14-31-21/h1-10,14,20,23,27H,11-13,15H2,(H,25,28). The van der Waals surface area contributed by atoms with Crippen LogP contribution in [0.5, 0.6) is 0 Å². The maximum absolute atomic E-state index is 13.3. The number of rotatable bonds is 8. The lowest BCUT2D eigenvalue weighted by molar-refractivity contribution is -0.123. The van der Waals surface area contributed by atoms with Gasteiger partial charge in [-0.2, -0.15) is 4.31 Å². The third-order valence-electron chi connectivity index (χ3n) is 5.33. The molecule has 2 unspecified atom stereocenters. The lowest BCUT2D eigenvalue weighted by atomic mass is 10.1. The summed E-state index contributed by atoms with van der Waals surface area (Å²) in [5.74, 6) is 0.576. The highest BCUT2D eigenvalue weighted by Crippen LogP contribution is 2.32. The summed E-state index contributed by atoms with van der Waals surface area (Å²) in [6.07, 6.45) is 1.75. The molecule has 2 heterocycles. The molecule has 0 bridgehead atoms. The minimum atomic E-state index is -3.88. The zero-order valence-electron chi connectivity index (χ0n) is 17.6. The van der Waals surface area contributed by atoms with E-state index in [1.54, 1.807) is 48.5 Å². The molecule has 174 valence electrons. The number of nitrogens with one attached hydrogen (secondary N) is 1. The molecule has 2 N–H and O–H groups in total. The quantitative estimate of drug-likeness (QED) is 0.480. The Morgan fingerprint density at radius 3 is 2.42 bits per heavy atom. The summed E-state index contributed by atoms with van der Waals surface area (Å²) in [7, 11) is -3.88. The molecule has 33 heavy (non-hydrogen) atoms. The molecule has 2 aromatic carbocycles. The van der Waals surface area contributed by atoms with Gasteiger partial charge < -0.3 is 14.8 Å². The molecule has 0 radical (unpaired) electrons. The van der Waals surface area contributed by atoms with Crippen molar-refractivity contribution >= 4 is 39.3 Å². The molecule has 2 atom stereocenters. The molecular weight excluding hydrogens is 484 g/mol. The van der Waals surface area contributed by atoms with Gasteiger partial charge in [-0.3, -0.25) is 4.79 Å². The van der Waals surface area contributed by atoms with E-state index in [1.807, 2.05) is 12.1 Å². The molecular formula is C23H23ClN2O5S2. The average molecular weight is 507 g/mol. The Kier molecular flexibility index (Phi) is 7.45. The zero-order chi connectivity index (χ0) is 23.4. The monoisotopic (exact) mass is 506 g/mol. The Balaban J connectivity index is 1.52. The Hall–Kier alpha value is -2.30. The highest BCUT2D eigenvalue weighted by atomic mass is 35.5. The minimum Gasteiger partial charge on any atom is -0.467 e. The first-order valence-electron chi connectivity index (χ1n) is 10.3. The predicted molar refractivity (Wildman–Crippen MR) is 128 cm³/mol. The van der Waals surface area contributed by atoms with E-state index in [1.165, 1.54) is 22.3 Å². The second-order valence-electron chi connectivity index (χ2n) is 7.46. The van der Waals surface area contributed by atoms with Crippen molar-refractivity contribution in [1.82, 2.24) is 9.62 Å². The van der Waals surface area contributed by atoms with Gasteiger partial charge in [-0.1, -0.05) is 35.9 Å². The van der Waals surface area contributed by atoms with Gasteiger partial charge in [-0.05, 0) is 53.9 Å². The maximum atomic E-state index is 13.3. The Bertz CT molecular complexity index is 1180. The summed E-state index contributed by atoms with van der Waals surface area (Å²) in [6, 6.07) is 16.7. The van der Waals surface area contributed by atoms with Crippen LogP contribution in [0, 0.1) is 0 Å². The molecule has 1 aromatic heterocycles. The summed E-state index contributed by atoms with van der Waals surface area (Å²) in [5, 5.41) is 11.9. The highest BCUT2D eigenvalue weighted by Gasteiger charge is 2.40. The van der Waals surface area contributed by atoms with Gasteiger partial charge in [0.1, 0.15) is 11.1 Å². The fourth-order valence-corrected chi connectivity index (χ4v) is 6.86. The van der Waals surface area contributed by atoms with Gasteiger partial charge in [0.15, 0.2) is 0 Å². The number of carbonyl (C=O) groups excluding carboxylic acids is 1. The molecule has 4 rings (SSSR count). The molecule has 1 saturated heterocycles. The zero-order valence-corrected chi connectivity index (χ0v) is 19.9. The number of benzene rings is 2. The molecule has 1 aliphatic heterocycles. The first kappa shape index (κ1) is 23.8. The number of aliphatic hydroxyl groups is 1. The van der Waals surface area contributed by atoms with Crippen LogP contribution in [0.3, 0.4) is 0 Å². The van der Waals surface area contributed by atoms with E-state index in [-0.39, 0.29) is 24.5 Å². The maximum Gasteiger partial charge on any atom is 0.249 e. The molecule has 1 aliphatic rings. The van der Waals surface area contributed by atoms with Crippen LogP contribution in [-0.2, 0) is 14.8 Å². The van der Waals surface area contributed by atoms with Gasteiger partial charge >= 0.3 is 0 Å². The third kappa shape index (κ3) is 5.28. The van der Waals surface area contributed by atoms with E-state index in [4.69, 9.17) is 16.0 Å². The fraction of sp³-hybridized carbons (Fsp3) is 0.261. The third-order valence-corrected chi connectivity index (χ3v) is 8.80. The van der Waals surface area contributed by atoms with Crippen molar-refractivity contribution in [2.45, 2.75) is 22.7 Å². The highest BCUT2D eigenvalue weighted by molar-refractivity contribution is 8.02. The predicted octanol–water partition coefficient (Wildman–Crippen LogP) is 3.90. The van der Waals surface area contributed by atoms with Crippen LogP contribution in [0.4, 0.5) is 0 Å². The van der Waals surface area contributed by atoms with Crippen molar-refractivity contribution in [3.05, 3.63) is 77.7 Å². The van der Waals surface area contributed by atoms with Crippen LogP contribution in [0.15, 0.2) is 76.2 Å². The van der Waals surface area contributed by atoms with Gasteiger partial charge in [-0.15, -0.1) is 11.8 Å². The number of nitrogens with zero attached hydrogens (tertiary/aromatic N) is 1. The molecule has 0 aliphatic carbocycles. The van der Waals surface area contributed by atoms with Gasteiger partial charge in [-0.25, -0.2) is 8.42 Å². The summed E-state index contributed by atoms with van der Waals surface area (Å²) < 4.78 is 33.3. The number of aliphatic hydroxyl groups excluding tert-OH is 1. The van der Waals surface area contributed by atoms with Crippen LogP contribution in [0.2, 0.25) is 5.02 Å². The number of furan rings is 1. The SMILES string of the molecule is O=C(NC(CCO)c1ccco1)C1SCCN1S(=O)(=O)c1ccc(-c2ccc(Cl)cc2)cc1. The summed E-state index contributed by atoms with van der Waals surface area (Å²) >= 11 is 7.20. The van der Waals surface area contributed by atoms with Crippen molar-refractivity contribution < 1.29 is 22.7 Å². The molecule has 1 fully saturated rings. The van der Waals surface area contributed by atoms with E-state index in [2.05, 4.69) is 5.32 Å². The van der Waals surface area contributed by atoms with E-state index in [0.29, 0.717) is 16.5 Å². The Labute approximate surface area is 201 Å². The summed E-state index contributed by atoms with van der Waals surface area (Å²) in [4.78, 5) is 13.1. The molecule has 1 amide bonds. The lowest BCUT2D eigenvalue weighted by Crippen LogP contribution is -2.45. The van der Waals surface area contributed by atoms with Crippen LogP contribution in [-0.4, -0.2) is 48.0 Å². The number of halogens is 1. The van der Waals surface area contributed by atoms with Gasteiger partial charge in [0.25, 0.3) is 0 Å². The van der Waals surface area contributed by atoms with Crippen molar-refractivity contribution in [2.75, 3.05) is 18.9 Å². The van der Waals surface area contributed by atoms with Crippen LogP contribution >= 0.6 is 23.4 Å². The van der Waals surface area contributed by atoms with E-state index >= 15 is 0 Å². The number of sulfonamides is 1. The second-order valence-corrected chi connectivity index (χ2v) is 11.0. The number of carbonyl (C=O) groups is 1. The number of thioether (sulfide) groups is 1. The van der Waals surface area contributed by atoms with Gasteiger partial charge in [0.2, 0.25) is 15.9 Å². The van der Waals surface area contributed by atoms with E-state index in [0.717, 1.165) is 11.1 Å². The van der Waals surface area contributed by atoms with E-state index < -0.39 is 27.3 Å². The van der Waals surface area contributed by atoms with Crippen molar-refractivity contribution in [2.24, 2.45) is 0 Å². The molecule has 0 spiro atoms. The molecule has 3 aromatic rings. The van der Waals surface area contributed by atoms with Gasteiger partial charge in [0, 0.05) is 23.9 Å². The Morgan fingerprint density at radius 1 is 1.15 bits per heavy atom. The molecule has 7 nitrogen and oxygen atoms in total. The molecule has 10 heteroatoms. The van der Waals surface area contributed by atoms with Crippen LogP contribution in [0.25, 0.3) is 11.1 Å². The van der Waals surface area contributed by atoms with Gasteiger partial charge in [0.05, 0.1) is 17.2 Å². The second kappa shape index (κ2) is 10.3. The first-order valence-corrected chi connectivity index (χ1v) is 13.2. The van der Waals surface area contributed by atoms with Crippen molar-refractivity contribution in [3.8, 4) is 11.1 Å². The first-order chi connectivity index (χ1) is 15.9. The Morgan fingerprint density at radius 2 is 1.82 bits per heavy atom. The van der Waals surface area contributed by atoms with Crippen LogP contribution < -0.4 is 5.32 Å². The summed E-state index contributed by atoms with van der Waals surface area (Å²) in [5.41, 5.74) is 1.78. The number of amides is 1. The van der Waals surface area contributed by atoms with Crippen molar-refractivity contribution in [1.29, 1.82) is 0 Å². The smallest absolute Gasteiger partial charge is 0.249 e. The minimum absolute atomic E-state index is 0.124. The lowest BCUT2D eigenvalue weighted by Gasteiger charge is -2.24. The average Bonchev–Trinajstić information content (AvgIpc) is 3.52. The topological polar surface area (TPSA) is 99.8 Å². The number of hydrogen-bond donors (Lipinski definition) is 2. The summed E-state index contributed by atoms with van der Waals surface area (Å²) in [6.45, 7) is 0.0842. The fourth-order valence-electron chi connectivity index (χ4n) is 3.65. The molecule has 0 saturated carbocycles. The largest absolute Gasteiger partial charge is 0.467 e. The number of hydrogen-bond acceptors (Lipinski definition) is 6. The van der Waals surface area contributed by atoms with E-state index in [9.17, 15) is 18.3 Å².